The van der Waals surface area contributed by atoms with Gasteiger partial charge in [-0.15, -0.1) is 0 Å². The van der Waals surface area contributed by atoms with Crippen molar-refractivity contribution in [3.63, 3.8) is 0 Å². The third-order valence-electron chi connectivity index (χ3n) is 4.10. The molecule has 0 atom stereocenters. The third kappa shape index (κ3) is 6.06. The van der Waals surface area contributed by atoms with Crippen LogP contribution in [0.2, 0.25) is 0 Å². The van der Waals surface area contributed by atoms with Crippen molar-refractivity contribution in [1.82, 2.24) is 0 Å². The van der Waals surface area contributed by atoms with E-state index in [9.17, 15) is 0 Å². The Kier molecular flexibility index (Phi) is 8.56. The average Bonchev–Trinajstić information content (AvgIpc) is 2.48. The second-order valence-electron chi connectivity index (χ2n) is 5.72. The topological polar surface area (TPSA) is 9.23 Å². The van der Waals surface area contributed by atoms with Gasteiger partial charge in [0.15, 0.2) is 0 Å². The Morgan fingerprint density at radius 3 is 2.10 bits per heavy atom. The molecule has 2 nitrogen and oxygen atoms in total. The molecule has 2 heteroatoms. The summed E-state index contributed by atoms with van der Waals surface area (Å²) in [6.45, 7) is 13.7. The van der Waals surface area contributed by atoms with Crippen molar-refractivity contribution < 1.29 is 9.22 Å². The first-order valence-electron chi connectivity index (χ1n) is 8.23. The van der Waals surface area contributed by atoms with Crippen molar-refractivity contribution in [3.05, 3.63) is 35.9 Å². The molecule has 0 amide bonds. The van der Waals surface area contributed by atoms with Crippen molar-refractivity contribution in [2.24, 2.45) is 0 Å². The fraction of sp³-hybridized carbons (Fsp3) is 0.667. The van der Waals surface area contributed by atoms with Crippen molar-refractivity contribution in [3.8, 4) is 0 Å². The number of hydrogen-bond donors (Lipinski definition) is 0. The summed E-state index contributed by atoms with van der Waals surface area (Å²) in [7, 11) is 0. The molecule has 0 unspecified atom stereocenters. The summed E-state index contributed by atoms with van der Waals surface area (Å²) in [6.07, 6.45) is 3.72. The molecule has 20 heavy (non-hydrogen) atoms. The quantitative estimate of drug-likeness (QED) is 0.434. The number of nitrogens with zero attached hydrogens (tertiary/aromatic N) is 1. The number of hydrogen-bond acceptors (Lipinski definition) is 1. The third-order valence-corrected chi connectivity index (χ3v) is 4.10. The minimum absolute atomic E-state index is 0.745. The van der Waals surface area contributed by atoms with E-state index in [-0.39, 0.29) is 0 Å². The van der Waals surface area contributed by atoms with Gasteiger partial charge in [0.05, 0.1) is 39.4 Å². The molecule has 1 aromatic rings. The number of quaternary nitrogens is 1. The maximum Gasteiger partial charge on any atom is 0.0808 e. The summed E-state index contributed by atoms with van der Waals surface area (Å²) in [4.78, 5) is 0. The first kappa shape index (κ1) is 17.2. The molecule has 114 valence electrons. The van der Waals surface area contributed by atoms with Crippen LogP contribution in [0.25, 0.3) is 0 Å². The molecule has 0 bridgehead atoms. The standard InChI is InChI=1S/C18H32NO/c1-4-13-19(6-3,14-5-2)15-10-16-20-17-18-11-8-7-9-12-18/h7-9,11-12H,4-6,10,13-17H2,1-3H3/q+1. The molecule has 0 spiro atoms. The van der Waals surface area contributed by atoms with E-state index >= 15 is 0 Å². The van der Waals surface area contributed by atoms with Crippen molar-refractivity contribution in [2.45, 2.75) is 46.6 Å². The van der Waals surface area contributed by atoms with E-state index in [4.69, 9.17) is 4.74 Å². The van der Waals surface area contributed by atoms with Gasteiger partial charge in [-0.05, 0) is 25.3 Å². The first-order chi connectivity index (χ1) is 9.76. The maximum atomic E-state index is 5.81. The van der Waals surface area contributed by atoms with Gasteiger partial charge in [-0.3, -0.25) is 0 Å². The molecule has 0 heterocycles. The lowest BCUT2D eigenvalue weighted by molar-refractivity contribution is -0.926. The van der Waals surface area contributed by atoms with Crippen molar-refractivity contribution >= 4 is 0 Å². The highest BCUT2D eigenvalue weighted by Crippen LogP contribution is 2.11. The van der Waals surface area contributed by atoms with Gasteiger partial charge in [0.25, 0.3) is 0 Å². The summed E-state index contributed by atoms with van der Waals surface area (Å²) in [5, 5.41) is 0. The van der Waals surface area contributed by atoms with E-state index in [1.807, 2.05) is 6.07 Å². The van der Waals surface area contributed by atoms with Gasteiger partial charge >= 0.3 is 0 Å². The fourth-order valence-electron chi connectivity index (χ4n) is 3.02. The molecule has 1 rings (SSSR count). The number of benzene rings is 1. The Morgan fingerprint density at radius 1 is 0.900 bits per heavy atom. The minimum atomic E-state index is 0.745. The van der Waals surface area contributed by atoms with Crippen LogP contribution in [-0.4, -0.2) is 37.3 Å². The van der Waals surface area contributed by atoms with E-state index in [1.54, 1.807) is 0 Å². The second kappa shape index (κ2) is 9.95. The van der Waals surface area contributed by atoms with Gasteiger partial charge in [0.2, 0.25) is 0 Å². The van der Waals surface area contributed by atoms with Crippen LogP contribution in [0.15, 0.2) is 30.3 Å². The van der Waals surface area contributed by atoms with Crippen LogP contribution >= 0.6 is 0 Å². The molecule has 0 aliphatic heterocycles. The Labute approximate surface area is 125 Å². The molecule has 1 aromatic carbocycles. The second-order valence-corrected chi connectivity index (χ2v) is 5.72. The molecular weight excluding hydrogens is 246 g/mol. The molecule has 0 N–H and O–H groups in total. The largest absolute Gasteiger partial charge is 0.377 e. The van der Waals surface area contributed by atoms with Crippen LogP contribution in [0, 0.1) is 0 Å². The lowest BCUT2D eigenvalue weighted by Gasteiger charge is -2.37. The van der Waals surface area contributed by atoms with Crippen molar-refractivity contribution in [1.29, 1.82) is 0 Å². The van der Waals surface area contributed by atoms with Crippen LogP contribution < -0.4 is 0 Å². The molecule has 0 saturated heterocycles. The Balaban J connectivity index is 2.26. The molecule has 0 aliphatic rings. The Morgan fingerprint density at radius 2 is 1.55 bits per heavy atom. The first-order valence-corrected chi connectivity index (χ1v) is 8.23. The van der Waals surface area contributed by atoms with Crippen LogP contribution in [0.4, 0.5) is 0 Å². The minimum Gasteiger partial charge on any atom is -0.377 e. The molecule has 0 radical (unpaired) electrons. The molecule has 0 fully saturated rings. The van der Waals surface area contributed by atoms with Gasteiger partial charge in [0.1, 0.15) is 0 Å². The smallest absolute Gasteiger partial charge is 0.0808 e. The lowest BCUT2D eigenvalue weighted by atomic mass is 10.2. The Hall–Kier alpha value is -0.860. The highest BCUT2D eigenvalue weighted by Gasteiger charge is 2.22. The van der Waals surface area contributed by atoms with Gasteiger partial charge in [-0.2, -0.15) is 0 Å². The summed E-state index contributed by atoms with van der Waals surface area (Å²) in [6, 6.07) is 10.4. The zero-order chi connectivity index (χ0) is 14.7. The maximum absolute atomic E-state index is 5.81. The van der Waals surface area contributed by atoms with Gasteiger partial charge < -0.3 is 9.22 Å². The summed E-state index contributed by atoms with van der Waals surface area (Å²) < 4.78 is 7.07. The predicted octanol–water partition coefficient (Wildman–Crippen LogP) is 4.25. The van der Waals surface area contributed by atoms with E-state index < -0.39 is 0 Å². The van der Waals surface area contributed by atoms with Gasteiger partial charge in [-0.25, -0.2) is 0 Å². The van der Waals surface area contributed by atoms with E-state index in [1.165, 1.54) is 55.5 Å². The van der Waals surface area contributed by atoms with Crippen molar-refractivity contribution in [2.75, 3.05) is 32.8 Å². The molecular formula is C18H32NO+. The highest BCUT2D eigenvalue weighted by molar-refractivity contribution is 5.13. The molecule has 0 aliphatic carbocycles. The van der Waals surface area contributed by atoms with Gasteiger partial charge in [-0.1, -0.05) is 44.2 Å². The van der Waals surface area contributed by atoms with Gasteiger partial charge in [0, 0.05) is 6.42 Å². The normalized spacial score (nSPS) is 11.8. The number of rotatable bonds is 11. The van der Waals surface area contributed by atoms with Crippen LogP contribution in [0.5, 0.6) is 0 Å². The summed E-state index contributed by atoms with van der Waals surface area (Å²) in [5.41, 5.74) is 1.27. The molecule has 0 saturated carbocycles. The zero-order valence-electron chi connectivity index (χ0n) is 13.6. The Bertz CT molecular complexity index is 331. The number of ether oxygens (including phenoxy) is 1. The average molecular weight is 278 g/mol. The van der Waals surface area contributed by atoms with Crippen LogP contribution in [0.3, 0.4) is 0 Å². The lowest BCUT2D eigenvalue weighted by Crippen LogP contribution is -2.49. The fourth-order valence-corrected chi connectivity index (χ4v) is 3.02. The van der Waals surface area contributed by atoms with E-state index in [0.717, 1.165) is 13.2 Å². The van der Waals surface area contributed by atoms with E-state index in [0.29, 0.717) is 0 Å². The summed E-state index contributed by atoms with van der Waals surface area (Å²) in [5.74, 6) is 0. The monoisotopic (exact) mass is 278 g/mol. The predicted molar refractivity (Wildman–Crippen MR) is 86.7 cm³/mol. The highest BCUT2D eigenvalue weighted by atomic mass is 16.5. The van der Waals surface area contributed by atoms with Crippen LogP contribution in [0.1, 0.15) is 45.6 Å². The summed E-state index contributed by atoms with van der Waals surface area (Å²) >= 11 is 0. The van der Waals surface area contributed by atoms with Crippen LogP contribution in [-0.2, 0) is 11.3 Å². The molecule has 0 aromatic heterocycles. The SMILES string of the molecule is CCC[N+](CC)(CCC)CCCOCc1ccccc1. The van der Waals surface area contributed by atoms with E-state index in [2.05, 4.69) is 45.0 Å². The zero-order valence-corrected chi connectivity index (χ0v) is 13.6.